The van der Waals surface area contributed by atoms with Crippen molar-refractivity contribution in [2.75, 3.05) is 32.4 Å². The summed E-state index contributed by atoms with van der Waals surface area (Å²) in [6, 6.07) is 1.54. The van der Waals surface area contributed by atoms with Gasteiger partial charge in [-0.1, -0.05) is 0 Å². The van der Waals surface area contributed by atoms with Crippen LogP contribution in [0.5, 0.6) is 0 Å². The molecule has 0 saturated carbocycles. The second-order valence-electron chi connectivity index (χ2n) is 7.32. The molecule has 0 aliphatic carbocycles. The van der Waals surface area contributed by atoms with E-state index >= 15 is 0 Å². The van der Waals surface area contributed by atoms with Gasteiger partial charge in [0, 0.05) is 31.0 Å². The number of hydrogen-bond donors (Lipinski definition) is 2. The molecule has 2 aliphatic rings. The van der Waals surface area contributed by atoms with Gasteiger partial charge in [0.15, 0.2) is 9.84 Å². The minimum Gasteiger partial charge on any atom is -0.475 e. The molecule has 0 bridgehead atoms. The third-order valence-electron chi connectivity index (χ3n) is 5.01. The van der Waals surface area contributed by atoms with Crippen LogP contribution in [-0.4, -0.2) is 80.0 Å². The molecule has 0 spiro atoms. The summed E-state index contributed by atoms with van der Waals surface area (Å²) < 4.78 is 83.1. The SMILES string of the molecule is CS(=O)(=O)c1cc(F)c(CN2CCN(C3CCNCC3)C2=O)c(F)c1.O=C(O)C(F)(F)F. The summed E-state index contributed by atoms with van der Waals surface area (Å²) in [5.41, 5.74) is -0.284. The Bertz CT molecular complexity index is 941. The van der Waals surface area contributed by atoms with Gasteiger partial charge in [-0.25, -0.2) is 26.8 Å². The maximum Gasteiger partial charge on any atom is 0.490 e. The van der Waals surface area contributed by atoms with Crippen molar-refractivity contribution < 1.29 is 45.1 Å². The molecule has 2 heterocycles. The maximum atomic E-state index is 14.2. The quantitative estimate of drug-likeness (QED) is 0.630. The normalized spacial score (nSPS) is 17.9. The van der Waals surface area contributed by atoms with E-state index in [1.165, 1.54) is 4.90 Å². The molecule has 2 aliphatic heterocycles. The standard InChI is InChI=1S/C16H21F2N3O3S.C2HF3O2/c1-25(23,24)12-8-14(17)13(15(18)9-12)10-20-6-7-21(16(20)22)11-2-4-19-5-3-11;3-2(4,5)1(6)7/h8-9,11,19H,2-7,10H2,1H3;(H,6,7). The number of urea groups is 1. The summed E-state index contributed by atoms with van der Waals surface area (Å²) in [4.78, 5) is 24.2. The highest BCUT2D eigenvalue weighted by molar-refractivity contribution is 7.90. The monoisotopic (exact) mass is 487 g/mol. The zero-order valence-electron chi connectivity index (χ0n) is 17.0. The molecule has 2 amide bonds. The number of sulfone groups is 1. The van der Waals surface area contributed by atoms with Crippen molar-refractivity contribution in [2.45, 2.75) is 36.5 Å². The Labute approximate surface area is 180 Å². The van der Waals surface area contributed by atoms with E-state index in [1.807, 2.05) is 0 Å². The molecule has 8 nitrogen and oxygen atoms in total. The summed E-state index contributed by atoms with van der Waals surface area (Å²) in [6.45, 7) is 2.43. The summed E-state index contributed by atoms with van der Waals surface area (Å²) >= 11 is 0. The number of carboxylic acids is 1. The van der Waals surface area contributed by atoms with Gasteiger partial charge < -0.3 is 20.2 Å². The third kappa shape index (κ3) is 6.51. The van der Waals surface area contributed by atoms with E-state index in [1.54, 1.807) is 4.90 Å². The van der Waals surface area contributed by atoms with E-state index in [0.29, 0.717) is 13.1 Å². The van der Waals surface area contributed by atoms with E-state index in [2.05, 4.69) is 5.32 Å². The number of benzene rings is 1. The van der Waals surface area contributed by atoms with E-state index < -0.39 is 38.5 Å². The number of halogens is 5. The van der Waals surface area contributed by atoms with Crippen molar-refractivity contribution in [1.82, 2.24) is 15.1 Å². The first kappa shape index (κ1) is 25.8. The summed E-state index contributed by atoms with van der Waals surface area (Å²) in [5.74, 6) is -4.66. The fraction of sp³-hybridized carbons (Fsp3) is 0.556. The van der Waals surface area contributed by atoms with E-state index in [0.717, 1.165) is 44.3 Å². The fourth-order valence-corrected chi connectivity index (χ4v) is 3.98. The Morgan fingerprint density at radius 1 is 1.16 bits per heavy atom. The summed E-state index contributed by atoms with van der Waals surface area (Å²) in [7, 11) is -3.70. The molecule has 0 aromatic heterocycles. The lowest BCUT2D eigenvalue weighted by molar-refractivity contribution is -0.192. The largest absolute Gasteiger partial charge is 0.490 e. The molecule has 0 unspecified atom stereocenters. The van der Waals surface area contributed by atoms with Crippen molar-refractivity contribution in [1.29, 1.82) is 0 Å². The number of alkyl halides is 3. The number of nitrogens with zero attached hydrogens (tertiary/aromatic N) is 2. The van der Waals surface area contributed by atoms with E-state index in [9.17, 15) is 35.2 Å². The number of carboxylic acid groups (broad SMARTS) is 1. The van der Waals surface area contributed by atoms with Crippen LogP contribution < -0.4 is 5.32 Å². The summed E-state index contributed by atoms with van der Waals surface area (Å²) in [5, 5.41) is 10.4. The first-order valence-corrected chi connectivity index (χ1v) is 11.3. The fourth-order valence-electron chi connectivity index (χ4n) is 3.34. The molecule has 2 fully saturated rings. The molecule has 1 aromatic rings. The van der Waals surface area contributed by atoms with Gasteiger partial charge in [0.05, 0.1) is 11.4 Å². The van der Waals surface area contributed by atoms with Crippen molar-refractivity contribution >= 4 is 21.8 Å². The predicted molar refractivity (Wildman–Crippen MR) is 102 cm³/mol. The lowest BCUT2D eigenvalue weighted by atomic mass is 10.1. The second-order valence-corrected chi connectivity index (χ2v) is 9.33. The van der Waals surface area contributed by atoms with Crippen LogP contribution in [0.2, 0.25) is 0 Å². The van der Waals surface area contributed by atoms with Crippen molar-refractivity contribution in [2.24, 2.45) is 0 Å². The maximum absolute atomic E-state index is 14.2. The van der Waals surface area contributed by atoms with Gasteiger partial charge in [0.2, 0.25) is 0 Å². The van der Waals surface area contributed by atoms with Gasteiger partial charge in [0.25, 0.3) is 0 Å². The minimum atomic E-state index is -5.08. The van der Waals surface area contributed by atoms with Gasteiger partial charge >= 0.3 is 18.2 Å². The molecule has 0 radical (unpaired) electrons. The molecular formula is C18H22F5N3O5S. The lowest BCUT2D eigenvalue weighted by Gasteiger charge is -2.31. The van der Waals surface area contributed by atoms with Crippen LogP contribution in [0.3, 0.4) is 0 Å². The van der Waals surface area contributed by atoms with Crippen LogP contribution in [0, 0.1) is 11.6 Å². The number of amides is 2. The third-order valence-corrected chi connectivity index (χ3v) is 6.10. The smallest absolute Gasteiger partial charge is 0.475 e. The minimum absolute atomic E-state index is 0.154. The number of piperidine rings is 1. The van der Waals surface area contributed by atoms with Gasteiger partial charge in [0.1, 0.15) is 11.6 Å². The van der Waals surface area contributed by atoms with Gasteiger partial charge in [-0.15, -0.1) is 0 Å². The molecule has 2 saturated heterocycles. The van der Waals surface area contributed by atoms with Crippen LogP contribution >= 0.6 is 0 Å². The second kappa shape index (κ2) is 9.98. The highest BCUT2D eigenvalue weighted by Gasteiger charge is 2.38. The Morgan fingerprint density at radius 2 is 1.66 bits per heavy atom. The highest BCUT2D eigenvalue weighted by Crippen LogP contribution is 2.24. The molecule has 3 rings (SSSR count). The zero-order chi connectivity index (χ0) is 24.3. The number of hydrogen-bond acceptors (Lipinski definition) is 5. The predicted octanol–water partition coefficient (Wildman–Crippen LogP) is 1.99. The topological polar surface area (TPSA) is 107 Å². The Kier molecular flexibility index (Phi) is 8.04. The number of aliphatic carboxylic acids is 1. The number of carbonyl (C=O) groups is 2. The Hall–Kier alpha value is -2.48. The molecule has 0 atom stereocenters. The van der Waals surface area contributed by atoms with Crippen LogP contribution in [0.4, 0.5) is 26.7 Å². The van der Waals surface area contributed by atoms with Crippen LogP contribution in [0.1, 0.15) is 18.4 Å². The van der Waals surface area contributed by atoms with Crippen molar-refractivity contribution in [3.63, 3.8) is 0 Å². The molecule has 2 N–H and O–H groups in total. The van der Waals surface area contributed by atoms with Crippen molar-refractivity contribution in [3.05, 3.63) is 29.3 Å². The van der Waals surface area contributed by atoms with Gasteiger partial charge in [-0.05, 0) is 38.1 Å². The van der Waals surface area contributed by atoms with Crippen LogP contribution in [-0.2, 0) is 21.2 Å². The van der Waals surface area contributed by atoms with Gasteiger partial charge in [-0.3, -0.25) is 0 Å². The lowest BCUT2D eigenvalue weighted by Crippen LogP contribution is -2.45. The highest BCUT2D eigenvalue weighted by atomic mass is 32.2. The van der Waals surface area contributed by atoms with Gasteiger partial charge in [-0.2, -0.15) is 13.2 Å². The average molecular weight is 487 g/mol. The molecule has 14 heteroatoms. The first-order chi connectivity index (χ1) is 14.7. The number of nitrogens with one attached hydrogen (secondary N) is 1. The average Bonchev–Trinajstić information content (AvgIpc) is 3.04. The Morgan fingerprint density at radius 3 is 2.09 bits per heavy atom. The first-order valence-electron chi connectivity index (χ1n) is 9.46. The number of carbonyl (C=O) groups excluding carboxylic acids is 1. The molecule has 1 aromatic carbocycles. The molecule has 32 heavy (non-hydrogen) atoms. The van der Waals surface area contributed by atoms with Crippen LogP contribution in [0.15, 0.2) is 17.0 Å². The van der Waals surface area contributed by atoms with E-state index in [4.69, 9.17) is 9.90 Å². The number of rotatable bonds is 4. The van der Waals surface area contributed by atoms with Crippen LogP contribution in [0.25, 0.3) is 0 Å². The zero-order valence-corrected chi connectivity index (χ0v) is 17.8. The molecule has 180 valence electrons. The van der Waals surface area contributed by atoms with E-state index in [-0.39, 0.29) is 24.2 Å². The van der Waals surface area contributed by atoms with Crippen molar-refractivity contribution in [3.8, 4) is 0 Å². The summed E-state index contributed by atoms with van der Waals surface area (Å²) in [6.07, 6.45) is -2.46. The Balaban J connectivity index is 0.000000451. The molecular weight excluding hydrogens is 465 g/mol.